The molecule has 0 aliphatic heterocycles. The lowest BCUT2D eigenvalue weighted by Gasteiger charge is -2.06. The Morgan fingerprint density at radius 2 is 1.89 bits per heavy atom. The van der Waals surface area contributed by atoms with Crippen molar-refractivity contribution in [3.05, 3.63) is 71.4 Å². The van der Waals surface area contributed by atoms with Gasteiger partial charge in [0.25, 0.3) is 0 Å². The second-order valence-electron chi connectivity index (χ2n) is 6.11. The number of unbranched alkanes of at least 4 members (excludes halogenated alkanes) is 1. The van der Waals surface area contributed by atoms with Crippen LogP contribution in [0.5, 0.6) is 5.75 Å². The summed E-state index contributed by atoms with van der Waals surface area (Å²) in [5, 5.41) is 3.75. The number of carbonyl (C=O) groups excluding carboxylic acids is 1. The van der Waals surface area contributed by atoms with E-state index in [1.165, 1.54) is 12.1 Å². The SMILES string of the molecule is CCCCOc1ccc(C(=O)OCc2cc(-c3ccc(F)cc3F)on2)cc1. The van der Waals surface area contributed by atoms with Crippen molar-refractivity contribution in [3.8, 4) is 17.1 Å². The molecule has 28 heavy (non-hydrogen) atoms. The number of rotatable bonds is 8. The lowest BCUT2D eigenvalue weighted by atomic mass is 10.1. The molecule has 7 heteroatoms. The van der Waals surface area contributed by atoms with E-state index in [9.17, 15) is 13.6 Å². The van der Waals surface area contributed by atoms with Gasteiger partial charge in [-0.1, -0.05) is 18.5 Å². The van der Waals surface area contributed by atoms with Gasteiger partial charge in [-0.05, 0) is 42.8 Å². The molecule has 146 valence electrons. The number of hydrogen-bond donors (Lipinski definition) is 0. The normalized spacial score (nSPS) is 10.7. The lowest BCUT2D eigenvalue weighted by Crippen LogP contribution is -2.05. The average Bonchev–Trinajstić information content (AvgIpc) is 3.15. The molecular formula is C21H19F2NO4. The topological polar surface area (TPSA) is 61.6 Å². The van der Waals surface area contributed by atoms with Crippen molar-refractivity contribution in [1.82, 2.24) is 5.16 Å². The summed E-state index contributed by atoms with van der Waals surface area (Å²) in [4.78, 5) is 12.1. The number of carbonyl (C=O) groups is 1. The summed E-state index contributed by atoms with van der Waals surface area (Å²) in [5.74, 6) is -1.17. The van der Waals surface area contributed by atoms with E-state index in [-0.39, 0.29) is 17.9 Å². The van der Waals surface area contributed by atoms with E-state index in [0.29, 0.717) is 23.6 Å². The molecule has 0 saturated heterocycles. The molecular weight excluding hydrogens is 368 g/mol. The highest BCUT2D eigenvalue weighted by atomic mass is 19.1. The van der Waals surface area contributed by atoms with Crippen molar-refractivity contribution < 1.29 is 27.6 Å². The van der Waals surface area contributed by atoms with Gasteiger partial charge < -0.3 is 14.0 Å². The Balaban J connectivity index is 1.57. The minimum Gasteiger partial charge on any atom is -0.494 e. The summed E-state index contributed by atoms with van der Waals surface area (Å²) < 4.78 is 42.6. The van der Waals surface area contributed by atoms with E-state index in [4.69, 9.17) is 14.0 Å². The fraction of sp³-hybridized carbons (Fsp3) is 0.238. The molecule has 3 rings (SSSR count). The van der Waals surface area contributed by atoms with E-state index in [0.717, 1.165) is 25.0 Å². The molecule has 5 nitrogen and oxygen atoms in total. The Kier molecular flexibility index (Phi) is 6.37. The second kappa shape index (κ2) is 9.12. The molecule has 1 aromatic heterocycles. The predicted molar refractivity (Wildman–Crippen MR) is 97.8 cm³/mol. The first-order chi connectivity index (χ1) is 13.6. The van der Waals surface area contributed by atoms with Crippen LogP contribution < -0.4 is 4.74 Å². The van der Waals surface area contributed by atoms with Gasteiger partial charge in [0.05, 0.1) is 17.7 Å². The van der Waals surface area contributed by atoms with Crippen molar-refractivity contribution in [1.29, 1.82) is 0 Å². The second-order valence-corrected chi connectivity index (χ2v) is 6.11. The quantitative estimate of drug-likeness (QED) is 0.395. The van der Waals surface area contributed by atoms with Crippen LogP contribution in [0.1, 0.15) is 35.8 Å². The zero-order chi connectivity index (χ0) is 19.9. The summed E-state index contributed by atoms with van der Waals surface area (Å²) in [6.45, 7) is 2.57. The predicted octanol–water partition coefficient (Wildman–Crippen LogP) is 5.16. The Hall–Kier alpha value is -3.22. The molecule has 0 spiro atoms. The fourth-order valence-corrected chi connectivity index (χ4v) is 2.44. The van der Waals surface area contributed by atoms with Crippen LogP contribution in [-0.4, -0.2) is 17.7 Å². The molecule has 2 aromatic carbocycles. The van der Waals surface area contributed by atoms with Crippen LogP contribution in [0.25, 0.3) is 11.3 Å². The molecule has 0 radical (unpaired) electrons. The standard InChI is InChI=1S/C21H19F2NO4/c1-2-3-10-26-17-7-4-14(5-8-17)21(25)27-13-16-12-20(28-24-16)18-9-6-15(22)11-19(18)23/h4-9,11-12H,2-3,10,13H2,1H3. The minimum atomic E-state index is -0.763. The maximum atomic E-state index is 13.8. The molecule has 3 aromatic rings. The molecule has 0 N–H and O–H groups in total. The summed E-state index contributed by atoms with van der Waals surface area (Å²) in [7, 11) is 0. The van der Waals surface area contributed by atoms with Gasteiger partial charge in [-0.15, -0.1) is 0 Å². The van der Waals surface area contributed by atoms with Crippen LogP contribution in [0.2, 0.25) is 0 Å². The van der Waals surface area contributed by atoms with E-state index in [2.05, 4.69) is 12.1 Å². The van der Waals surface area contributed by atoms with Crippen LogP contribution >= 0.6 is 0 Å². The third kappa shape index (κ3) is 4.94. The number of benzene rings is 2. The first-order valence-electron chi connectivity index (χ1n) is 8.88. The van der Waals surface area contributed by atoms with Crippen molar-refractivity contribution in [2.75, 3.05) is 6.61 Å². The number of ether oxygens (including phenoxy) is 2. The van der Waals surface area contributed by atoms with Gasteiger partial charge >= 0.3 is 5.97 Å². The number of nitrogens with zero attached hydrogens (tertiary/aromatic N) is 1. The summed E-state index contributed by atoms with van der Waals surface area (Å²) >= 11 is 0. The van der Waals surface area contributed by atoms with Crippen molar-refractivity contribution in [2.24, 2.45) is 0 Å². The van der Waals surface area contributed by atoms with Gasteiger partial charge in [0.1, 0.15) is 29.7 Å². The zero-order valence-electron chi connectivity index (χ0n) is 15.3. The highest BCUT2D eigenvalue weighted by molar-refractivity contribution is 5.89. The third-order valence-corrected chi connectivity index (χ3v) is 3.96. The Bertz CT molecular complexity index is 938. The highest BCUT2D eigenvalue weighted by Gasteiger charge is 2.14. The van der Waals surface area contributed by atoms with Crippen LogP contribution in [0.3, 0.4) is 0 Å². The molecule has 0 aliphatic carbocycles. The van der Waals surface area contributed by atoms with Crippen LogP contribution in [0, 0.1) is 11.6 Å². The fourth-order valence-electron chi connectivity index (χ4n) is 2.44. The molecule has 0 bridgehead atoms. The molecule has 0 unspecified atom stereocenters. The first-order valence-corrected chi connectivity index (χ1v) is 8.88. The van der Waals surface area contributed by atoms with Gasteiger partial charge in [0.15, 0.2) is 5.76 Å². The van der Waals surface area contributed by atoms with Crippen molar-refractivity contribution in [3.63, 3.8) is 0 Å². The highest BCUT2D eigenvalue weighted by Crippen LogP contribution is 2.24. The van der Waals surface area contributed by atoms with Crippen LogP contribution in [0.4, 0.5) is 8.78 Å². The van der Waals surface area contributed by atoms with Crippen LogP contribution in [0.15, 0.2) is 53.1 Å². The van der Waals surface area contributed by atoms with E-state index in [1.54, 1.807) is 24.3 Å². The molecule has 0 aliphatic rings. The van der Waals surface area contributed by atoms with Crippen molar-refractivity contribution in [2.45, 2.75) is 26.4 Å². The van der Waals surface area contributed by atoms with E-state index >= 15 is 0 Å². The van der Waals surface area contributed by atoms with Crippen molar-refractivity contribution >= 4 is 5.97 Å². The zero-order valence-corrected chi connectivity index (χ0v) is 15.3. The monoisotopic (exact) mass is 387 g/mol. The van der Waals surface area contributed by atoms with Crippen LogP contribution in [-0.2, 0) is 11.3 Å². The van der Waals surface area contributed by atoms with Gasteiger partial charge in [-0.25, -0.2) is 13.6 Å². The summed E-state index contributed by atoms with van der Waals surface area (Å²) in [6, 6.07) is 11.2. The first kappa shape index (κ1) is 19.5. The summed E-state index contributed by atoms with van der Waals surface area (Å²) in [6.07, 6.45) is 2.01. The smallest absolute Gasteiger partial charge is 0.338 e. The number of esters is 1. The number of halogens is 2. The number of aromatic nitrogens is 1. The largest absolute Gasteiger partial charge is 0.494 e. The summed E-state index contributed by atoms with van der Waals surface area (Å²) in [5.41, 5.74) is 0.757. The van der Waals surface area contributed by atoms with Gasteiger partial charge in [0, 0.05) is 12.1 Å². The van der Waals surface area contributed by atoms with E-state index in [1.807, 2.05) is 0 Å². The lowest BCUT2D eigenvalue weighted by molar-refractivity contribution is 0.0464. The molecule has 0 amide bonds. The maximum Gasteiger partial charge on any atom is 0.338 e. The molecule has 0 atom stereocenters. The van der Waals surface area contributed by atoms with Gasteiger partial charge in [-0.2, -0.15) is 0 Å². The number of hydrogen-bond acceptors (Lipinski definition) is 5. The minimum absolute atomic E-state index is 0.0742. The van der Waals surface area contributed by atoms with Gasteiger partial charge in [0.2, 0.25) is 0 Å². The van der Waals surface area contributed by atoms with E-state index < -0.39 is 17.6 Å². The average molecular weight is 387 g/mol. The Morgan fingerprint density at radius 1 is 1.11 bits per heavy atom. The maximum absolute atomic E-state index is 13.8. The third-order valence-electron chi connectivity index (χ3n) is 3.96. The molecule has 1 heterocycles. The molecule has 0 saturated carbocycles. The Morgan fingerprint density at radius 3 is 2.61 bits per heavy atom. The Labute approximate surface area is 160 Å². The molecule has 0 fully saturated rings. The van der Waals surface area contributed by atoms with Gasteiger partial charge in [-0.3, -0.25) is 0 Å².